The van der Waals surface area contributed by atoms with Crippen molar-refractivity contribution >= 4 is 87.9 Å². The van der Waals surface area contributed by atoms with Gasteiger partial charge in [0.25, 0.3) is 0 Å². The number of anilines is 2. The van der Waals surface area contributed by atoms with E-state index in [1.165, 1.54) is 32.3 Å². The van der Waals surface area contributed by atoms with Crippen LogP contribution in [0, 0.1) is 0 Å². The standard InChI is InChI=1S/C42H36N2O3/c1-2-7-37(45)44(35-24-20-31-16-14-27-9-6-11-29-18-22-33(35)41(31)39(27)29)36(42(46)47)12-3-4-25-43-34-23-19-30-15-13-26-8-5-10-28-17-21-32(34)40(30)38(26)28/h5-6,8-11,13-24,36,43H,2-4,7,12,25H2,1H3,(H,46,47)/t36-/m0/s1. The third-order valence-electron chi connectivity index (χ3n) is 9.84. The van der Waals surface area contributed by atoms with E-state index in [1.54, 1.807) is 4.90 Å². The van der Waals surface area contributed by atoms with E-state index in [9.17, 15) is 14.7 Å². The summed E-state index contributed by atoms with van der Waals surface area (Å²) in [5.41, 5.74) is 1.76. The van der Waals surface area contributed by atoms with Gasteiger partial charge < -0.3 is 10.4 Å². The van der Waals surface area contributed by atoms with Crippen LogP contribution in [0.1, 0.15) is 39.0 Å². The van der Waals surface area contributed by atoms with Gasteiger partial charge in [0, 0.05) is 29.4 Å². The zero-order valence-corrected chi connectivity index (χ0v) is 26.4. The molecular formula is C42H36N2O3. The quantitative estimate of drug-likeness (QED) is 0.112. The van der Waals surface area contributed by atoms with Crippen molar-refractivity contribution in [1.82, 2.24) is 0 Å². The molecule has 0 aliphatic rings. The minimum absolute atomic E-state index is 0.151. The van der Waals surface area contributed by atoms with Gasteiger partial charge in [0.15, 0.2) is 0 Å². The lowest BCUT2D eigenvalue weighted by Crippen LogP contribution is -2.45. The molecule has 2 N–H and O–H groups in total. The van der Waals surface area contributed by atoms with Crippen molar-refractivity contribution in [2.75, 3.05) is 16.8 Å². The molecule has 0 radical (unpaired) electrons. The molecule has 1 atom stereocenters. The van der Waals surface area contributed by atoms with E-state index < -0.39 is 12.0 Å². The third kappa shape index (κ3) is 4.85. The molecule has 0 heterocycles. The summed E-state index contributed by atoms with van der Waals surface area (Å²) in [5, 5.41) is 28.1. The Labute approximate surface area is 273 Å². The first-order valence-electron chi connectivity index (χ1n) is 16.7. The number of carboxylic acid groups (broad SMARTS) is 1. The van der Waals surface area contributed by atoms with E-state index in [4.69, 9.17) is 0 Å². The first kappa shape index (κ1) is 29.0. The van der Waals surface area contributed by atoms with E-state index in [2.05, 4.69) is 96.3 Å². The van der Waals surface area contributed by atoms with Gasteiger partial charge in [-0.25, -0.2) is 4.79 Å². The van der Waals surface area contributed by atoms with E-state index in [0.717, 1.165) is 44.4 Å². The van der Waals surface area contributed by atoms with Crippen LogP contribution in [-0.4, -0.2) is 29.6 Å². The lowest BCUT2D eigenvalue weighted by Gasteiger charge is -2.31. The van der Waals surface area contributed by atoms with E-state index in [-0.39, 0.29) is 5.91 Å². The molecule has 0 saturated heterocycles. The third-order valence-corrected chi connectivity index (χ3v) is 9.84. The molecular weight excluding hydrogens is 580 g/mol. The van der Waals surface area contributed by atoms with Crippen LogP contribution in [0.25, 0.3) is 64.6 Å². The average molecular weight is 617 g/mol. The summed E-state index contributed by atoms with van der Waals surface area (Å²) in [4.78, 5) is 28.2. The highest BCUT2D eigenvalue weighted by molar-refractivity contribution is 6.27. The molecule has 232 valence electrons. The lowest BCUT2D eigenvalue weighted by atomic mass is 9.92. The summed E-state index contributed by atoms with van der Waals surface area (Å²) in [6.07, 6.45) is 2.75. The van der Waals surface area contributed by atoms with E-state index in [0.29, 0.717) is 37.9 Å². The number of aliphatic carboxylic acids is 1. The number of nitrogens with one attached hydrogen (secondary N) is 1. The van der Waals surface area contributed by atoms with Gasteiger partial charge in [0.1, 0.15) is 6.04 Å². The summed E-state index contributed by atoms with van der Waals surface area (Å²) >= 11 is 0. The number of nitrogens with zero attached hydrogens (tertiary/aromatic N) is 1. The van der Waals surface area contributed by atoms with E-state index >= 15 is 0 Å². The second-order valence-corrected chi connectivity index (χ2v) is 12.7. The monoisotopic (exact) mass is 616 g/mol. The summed E-state index contributed by atoms with van der Waals surface area (Å²) in [7, 11) is 0. The van der Waals surface area contributed by atoms with Crippen molar-refractivity contribution in [2.24, 2.45) is 0 Å². The maximum atomic E-state index is 13.7. The highest BCUT2D eigenvalue weighted by Crippen LogP contribution is 2.41. The fourth-order valence-electron chi connectivity index (χ4n) is 7.68. The molecule has 8 aromatic carbocycles. The predicted molar refractivity (Wildman–Crippen MR) is 196 cm³/mol. The second kappa shape index (κ2) is 11.7. The number of carbonyl (C=O) groups excluding carboxylic acids is 1. The Morgan fingerprint density at radius 3 is 1.74 bits per heavy atom. The maximum absolute atomic E-state index is 13.7. The predicted octanol–water partition coefficient (Wildman–Crippen LogP) is 10.4. The van der Waals surface area contributed by atoms with Crippen LogP contribution < -0.4 is 10.2 Å². The molecule has 0 unspecified atom stereocenters. The molecule has 0 fully saturated rings. The number of carboxylic acids is 1. The molecule has 5 heteroatoms. The first-order valence-corrected chi connectivity index (χ1v) is 16.7. The molecule has 8 rings (SSSR count). The van der Waals surface area contributed by atoms with Gasteiger partial charge in [0.05, 0.1) is 5.69 Å². The Morgan fingerprint density at radius 2 is 1.15 bits per heavy atom. The Bertz CT molecular complexity index is 2400. The smallest absolute Gasteiger partial charge is 0.326 e. The van der Waals surface area contributed by atoms with Crippen molar-refractivity contribution in [1.29, 1.82) is 0 Å². The van der Waals surface area contributed by atoms with Crippen LogP contribution in [0.2, 0.25) is 0 Å². The summed E-state index contributed by atoms with van der Waals surface area (Å²) in [5.74, 6) is -1.12. The molecule has 8 aromatic rings. The number of amides is 1. The van der Waals surface area contributed by atoms with Gasteiger partial charge in [-0.2, -0.15) is 0 Å². The fourth-order valence-corrected chi connectivity index (χ4v) is 7.68. The Kier molecular flexibility index (Phi) is 7.25. The number of unbranched alkanes of at least 4 members (excludes halogenated alkanes) is 1. The summed E-state index contributed by atoms with van der Waals surface area (Å²) in [6, 6.07) is 37.1. The number of benzene rings is 8. The average Bonchev–Trinajstić information content (AvgIpc) is 3.09. The van der Waals surface area contributed by atoms with Gasteiger partial charge >= 0.3 is 5.97 Å². The van der Waals surface area contributed by atoms with Gasteiger partial charge in [0.2, 0.25) is 5.91 Å². The zero-order chi connectivity index (χ0) is 32.1. The van der Waals surface area contributed by atoms with Gasteiger partial charge in [-0.1, -0.05) is 104 Å². The Hall–Kier alpha value is -5.42. The highest BCUT2D eigenvalue weighted by Gasteiger charge is 2.31. The van der Waals surface area contributed by atoms with Gasteiger partial charge in [-0.3, -0.25) is 9.69 Å². The van der Waals surface area contributed by atoms with Crippen LogP contribution in [0.5, 0.6) is 0 Å². The van der Waals surface area contributed by atoms with Crippen molar-refractivity contribution in [3.63, 3.8) is 0 Å². The minimum Gasteiger partial charge on any atom is -0.480 e. The number of hydrogen-bond acceptors (Lipinski definition) is 3. The molecule has 5 nitrogen and oxygen atoms in total. The van der Waals surface area contributed by atoms with Crippen molar-refractivity contribution < 1.29 is 14.7 Å². The van der Waals surface area contributed by atoms with Crippen LogP contribution in [0.3, 0.4) is 0 Å². The van der Waals surface area contributed by atoms with Crippen LogP contribution >= 0.6 is 0 Å². The van der Waals surface area contributed by atoms with Crippen molar-refractivity contribution in [3.05, 3.63) is 109 Å². The first-order chi connectivity index (χ1) is 23.0. The Morgan fingerprint density at radius 1 is 0.638 bits per heavy atom. The molecule has 0 aromatic heterocycles. The Balaban J connectivity index is 1.06. The highest BCUT2D eigenvalue weighted by atomic mass is 16.4. The minimum atomic E-state index is -0.972. The van der Waals surface area contributed by atoms with Crippen LogP contribution in [-0.2, 0) is 9.59 Å². The molecule has 0 aliphatic heterocycles. The molecule has 1 amide bonds. The van der Waals surface area contributed by atoms with Gasteiger partial charge in [-0.05, 0) is 91.7 Å². The summed E-state index contributed by atoms with van der Waals surface area (Å²) < 4.78 is 0. The molecule has 0 spiro atoms. The molecule has 0 bridgehead atoms. The van der Waals surface area contributed by atoms with Gasteiger partial charge in [-0.15, -0.1) is 0 Å². The lowest BCUT2D eigenvalue weighted by molar-refractivity contribution is -0.140. The van der Waals surface area contributed by atoms with Crippen molar-refractivity contribution in [2.45, 2.75) is 45.1 Å². The SMILES string of the molecule is CCCC(=O)N(c1ccc2ccc3cccc4ccc1c2c34)[C@@H](CCCCNc1ccc2ccc3cccc4ccc1c2c34)C(=O)O. The molecule has 47 heavy (non-hydrogen) atoms. The fraction of sp³-hybridized carbons (Fsp3) is 0.190. The second-order valence-electron chi connectivity index (χ2n) is 12.7. The molecule has 0 aliphatic carbocycles. The van der Waals surface area contributed by atoms with E-state index in [1.807, 2.05) is 25.1 Å². The number of carbonyl (C=O) groups is 2. The summed E-state index contributed by atoms with van der Waals surface area (Å²) in [6.45, 7) is 2.67. The largest absolute Gasteiger partial charge is 0.480 e. The molecule has 0 saturated carbocycles. The maximum Gasteiger partial charge on any atom is 0.326 e. The van der Waals surface area contributed by atoms with Crippen molar-refractivity contribution in [3.8, 4) is 0 Å². The van der Waals surface area contributed by atoms with Crippen LogP contribution in [0.4, 0.5) is 11.4 Å². The zero-order valence-electron chi connectivity index (χ0n) is 26.4. The topological polar surface area (TPSA) is 69.6 Å². The van der Waals surface area contributed by atoms with Crippen LogP contribution in [0.15, 0.2) is 109 Å². The number of rotatable bonds is 11. The number of hydrogen-bond donors (Lipinski definition) is 2. The normalized spacial score (nSPS) is 12.6.